The van der Waals surface area contributed by atoms with E-state index in [1.165, 1.54) is 32.1 Å². The number of nitrogens with one attached hydrogen (secondary N) is 2. The number of hydroxylamine groups is 2. The summed E-state index contributed by atoms with van der Waals surface area (Å²) in [6.45, 7) is 6.06. The summed E-state index contributed by atoms with van der Waals surface area (Å²) in [5.41, 5.74) is 0.825. The third-order valence-electron chi connectivity index (χ3n) is 5.71. The molecule has 0 unspecified atom stereocenters. The summed E-state index contributed by atoms with van der Waals surface area (Å²) >= 11 is 0. The molecule has 33 heavy (non-hydrogen) atoms. The maximum atomic E-state index is 12.6. The van der Waals surface area contributed by atoms with Crippen LogP contribution < -0.4 is 10.6 Å². The largest absolute Gasteiger partial charge is 0.325 e. The number of nitrogens with zero attached hydrogens (tertiary/aromatic N) is 4. The summed E-state index contributed by atoms with van der Waals surface area (Å²) in [7, 11) is 0. The molecule has 2 N–H and O–H groups in total. The second kappa shape index (κ2) is 16.0. The zero-order valence-corrected chi connectivity index (χ0v) is 20.3. The normalized spacial score (nSPS) is 14.7. The van der Waals surface area contributed by atoms with Crippen LogP contribution in [0.5, 0.6) is 0 Å². The summed E-state index contributed by atoms with van der Waals surface area (Å²) in [5, 5.41) is 16.2. The molecule has 8 heteroatoms. The lowest BCUT2D eigenvalue weighted by Crippen LogP contribution is -2.34. The Morgan fingerprint density at radius 3 is 2.64 bits per heavy atom. The highest BCUT2D eigenvalue weighted by Crippen LogP contribution is 2.24. The topological polar surface area (TPSA) is 103 Å². The van der Waals surface area contributed by atoms with E-state index in [1.54, 1.807) is 17.5 Å². The molecule has 0 radical (unpaired) electrons. The van der Waals surface area contributed by atoms with Gasteiger partial charge >= 0.3 is 0 Å². The van der Waals surface area contributed by atoms with Crippen LogP contribution in [0.4, 0.5) is 5.69 Å². The minimum atomic E-state index is 0.0971. The van der Waals surface area contributed by atoms with Crippen molar-refractivity contribution in [2.45, 2.75) is 78.1 Å². The van der Waals surface area contributed by atoms with Gasteiger partial charge in [0.05, 0.1) is 6.61 Å². The Kier molecular flexibility index (Phi) is 12.9. The van der Waals surface area contributed by atoms with Crippen molar-refractivity contribution in [3.63, 3.8) is 0 Å². The van der Waals surface area contributed by atoms with Gasteiger partial charge in [-0.15, -0.1) is 0 Å². The van der Waals surface area contributed by atoms with Crippen molar-refractivity contribution in [3.8, 4) is 6.19 Å². The third kappa shape index (κ3) is 11.7. The highest BCUT2D eigenvalue weighted by Gasteiger charge is 2.19. The van der Waals surface area contributed by atoms with Gasteiger partial charge in [-0.3, -0.25) is 24.9 Å². The van der Waals surface area contributed by atoms with E-state index in [0.717, 1.165) is 31.4 Å². The summed E-state index contributed by atoms with van der Waals surface area (Å²) < 4.78 is 0. The molecule has 0 spiro atoms. The van der Waals surface area contributed by atoms with E-state index in [4.69, 9.17) is 10.1 Å². The van der Waals surface area contributed by atoms with Gasteiger partial charge in [0.15, 0.2) is 6.19 Å². The molecule has 1 fully saturated rings. The molecule has 2 rings (SSSR count). The quantitative estimate of drug-likeness (QED) is 0.110. The third-order valence-corrected chi connectivity index (χ3v) is 5.71. The molecule has 1 amide bonds. The predicted molar refractivity (Wildman–Crippen MR) is 131 cm³/mol. The highest BCUT2D eigenvalue weighted by atomic mass is 16.7. The van der Waals surface area contributed by atoms with Crippen molar-refractivity contribution in [1.82, 2.24) is 15.4 Å². The van der Waals surface area contributed by atoms with E-state index < -0.39 is 0 Å². The van der Waals surface area contributed by atoms with Gasteiger partial charge in [-0.25, -0.2) is 5.06 Å². The van der Waals surface area contributed by atoms with Crippen LogP contribution in [-0.4, -0.2) is 41.6 Å². The molecule has 1 aliphatic carbocycles. The highest BCUT2D eigenvalue weighted by molar-refractivity contribution is 5.94. The summed E-state index contributed by atoms with van der Waals surface area (Å²) in [6, 6.07) is 3.63. The van der Waals surface area contributed by atoms with Gasteiger partial charge in [-0.05, 0) is 49.7 Å². The lowest BCUT2D eigenvalue weighted by atomic mass is 9.90. The predicted octanol–water partition coefficient (Wildman–Crippen LogP) is 4.87. The van der Waals surface area contributed by atoms with Crippen molar-refractivity contribution in [1.29, 1.82) is 5.26 Å². The number of aromatic nitrogens is 1. The van der Waals surface area contributed by atoms with Crippen LogP contribution in [-0.2, 0) is 9.63 Å². The molecular weight excluding hydrogens is 416 g/mol. The molecule has 0 saturated heterocycles. The fourth-order valence-electron chi connectivity index (χ4n) is 3.91. The Labute approximate surface area is 198 Å². The van der Waals surface area contributed by atoms with Crippen molar-refractivity contribution in [3.05, 3.63) is 24.5 Å². The van der Waals surface area contributed by atoms with Crippen molar-refractivity contribution >= 4 is 17.6 Å². The monoisotopic (exact) mass is 456 g/mol. The summed E-state index contributed by atoms with van der Waals surface area (Å²) in [4.78, 5) is 27.0. The first-order valence-corrected chi connectivity index (χ1v) is 12.4. The van der Waals surface area contributed by atoms with Gasteiger partial charge in [-0.2, -0.15) is 5.26 Å². The van der Waals surface area contributed by atoms with Crippen molar-refractivity contribution in [2.24, 2.45) is 16.8 Å². The average Bonchev–Trinajstić information content (AvgIpc) is 2.81. The van der Waals surface area contributed by atoms with E-state index in [0.29, 0.717) is 43.9 Å². The van der Waals surface area contributed by atoms with E-state index >= 15 is 0 Å². The standard InChI is InChI=1S/C25H40N6O2/c1-21(2)18-24(32)31(33-19-22-10-6-5-7-11-22)17-9-4-3-8-14-28-25(29-20-26)30-23-12-15-27-16-13-23/h12-13,15-16,21-22H,3-11,14,17-19H2,1-2H3,(H2,27,28,29,30). The Balaban J connectivity index is 1.69. The SMILES string of the molecule is CC(C)CC(=O)N(CCCCCCN=C(NC#N)Nc1ccncc1)OCC1CCCCC1. The second-order valence-electron chi connectivity index (χ2n) is 9.14. The maximum Gasteiger partial charge on any atom is 0.246 e. The van der Waals surface area contributed by atoms with E-state index in [2.05, 4.69) is 34.5 Å². The molecule has 1 heterocycles. The number of hydrogen-bond donors (Lipinski definition) is 2. The molecule has 8 nitrogen and oxygen atoms in total. The molecular formula is C25H40N6O2. The van der Waals surface area contributed by atoms with Crippen LogP contribution in [0.25, 0.3) is 0 Å². The van der Waals surface area contributed by atoms with Gasteiger partial charge in [0, 0.05) is 37.6 Å². The first-order chi connectivity index (χ1) is 16.1. The number of hydrogen-bond acceptors (Lipinski definition) is 5. The number of pyridine rings is 1. The Morgan fingerprint density at radius 1 is 1.21 bits per heavy atom. The van der Waals surface area contributed by atoms with Gasteiger partial charge in [-0.1, -0.05) is 46.0 Å². The smallest absolute Gasteiger partial charge is 0.246 e. The average molecular weight is 457 g/mol. The second-order valence-corrected chi connectivity index (χ2v) is 9.14. The zero-order valence-electron chi connectivity index (χ0n) is 20.3. The number of nitriles is 1. The number of carbonyl (C=O) groups excluding carboxylic acids is 1. The number of guanidine groups is 1. The zero-order chi connectivity index (χ0) is 23.7. The molecule has 1 saturated carbocycles. The molecule has 182 valence electrons. The first-order valence-electron chi connectivity index (χ1n) is 12.4. The van der Waals surface area contributed by atoms with Crippen LogP contribution in [0, 0.1) is 23.3 Å². The van der Waals surface area contributed by atoms with Gasteiger partial charge in [0.25, 0.3) is 0 Å². The molecule has 0 aliphatic heterocycles. The number of amides is 1. The molecule has 0 atom stereocenters. The molecule has 1 aromatic rings. The first kappa shape index (κ1) is 26.6. The van der Waals surface area contributed by atoms with E-state index in [1.807, 2.05) is 18.3 Å². The number of carbonyl (C=O) groups is 1. The summed E-state index contributed by atoms with van der Waals surface area (Å²) in [6.07, 6.45) is 15.9. The maximum absolute atomic E-state index is 12.6. The number of anilines is 1. The van der Waals surface area contributed by atoms with Gasteiger partial charge in [0.2, 0.25) is 11.9 Å². The van der Waals surface area contributed by atoms with Crippen LogP contribution >= 0.6 is 0 Å². The fraction of sp³-hybridized carbons (Fsp3) is 0.680. The van der Waals surface area contributed by atoms with Crippen molar-refractivity contribution < 1.29 is 9.63 Å². The molecule has 1 aliphatic rings. The Hall–Kier alpha value is -2.66. The lowest BCUT2D eigenvalue weighted by Gasteiger charge is -2.27. The molecule has 0 bridgehead atoms. The van der Waals surface area contributed by atoms with Crippen LogP contribution in [0.1, 0.15) is 78.1 Å². The van der Waals surface area contributed by atoms with Crippen LogP contribution in [0.3, 0.4) is 0 Å². The number of rotatable bonds is 13. The van der Waals surface area contributed by atoms with Crippen molar-refractivity contribution in [2.75, 3.05) is 25.0 Å². The Bertz CT molecular complexity index is 741. The molecule has 0 aromatic carbocycles. The minimum absolute atomic E-state index is 0.0971. The van der Waals surface area contributed by atoms with Crippen LogP contribution in [0.2, 0.25) is 0 Å². The molecule has 1 aromatic heterocycles. The van der Waals surface area contributed by atoms with Crippen LogP contribution in [0.15, 0.2) is 29.5 Å². The van der Waals surface area contributed by atoms with Gasteiger partial charge < -0.3 is 5.32 Å². The lowest BCUT2D eigenvalue weighted by molar-refractivity contribution is -0.193. The van der Waals surface area contributed by atoms with Gasteiger partial charge in [0.1, 0.15) is 0 Å². The number of unbranched alkanes of at least 4 members (excludes halogenated alkanes) is 3. The van der Waals surface area contributed by atoms with E-state index in [9.17, 15) is 4.79 Å². The number of aliphatic imine (C=N–C) groups is 1. The Morgan fingerprint density at radius 2 is 1.94 bits per heavy atom. The minimum Gasteiger partial charge on any atom is -0.325 e. The fourth-order valence-corrected chi connectivity index (χ4v) is 3.91. The summed E-state index contributed by atoms with van der Waals surface area (Å²) in [5.74, 6) is 1.45. The van der Waals surface area contributed by atoms with E-state index in [-0.39, 0.29) is 5.91 Å².